The Hall–Kier alpha value is -1.80. The number of sulfonamides is 1. The minimum Gasteiger partial charge on any atom is -0.493 e. The topological polar surface area (TPSA) is 67.9 Å². The number of fused-ring (bicyclic) bond motifs is 1. The number of methoxy groups -OCH3 is 2. The highest BCUT2D eigenvalue weighted by molar-refractivity contribution is 7.89. The summed E-state index contributed by atoms with van der Waals surface area (Å²) in [6.07, 6.45) is 2.73. The van der Waals surface area contributed by atoms with Gasteiger partial charge in [-0.3, -0.25) is 4.90 Å². The molecule has 0 unspecified atom stereocenters. The average molecular weight is 483 g/mol. The quantitative estimate of drug-likeness (QED) is 0.543. The molecule has 32 heavy (non-hydrogen) atoms. The molecular formula is C24H35ClN2O4S. The molecule has 1 aliphatic heterocycles. The molecular weight excluding hydrogens is 448 g/mol. The summed E-state index contributed by atoms with van der Waals surface area (Å²) in [6.45, 7) is 8.96. The molecule has 0 fully saturated rings. The van der Waals surface area contributed by atoms with E-state index in [1.54, 1.807) is 14.2 Å². The maximum Gasteiger partial charge on any atom is 0.241 e. The minimum absolute atomic E-state index is 0. The van der Waals surface area contributed by atoms with Crippen molar-refractivity contribution in [3.8, 4) is 11.5 Å². The zero-order chi connectivity index (χ0) is 22.6. The molecule has 1 heterocycles. The van der Waals surface area contributed by atoms with E-state index in [1.807, 2.05) is 32.9 Å². The van der Waals surface area contributed by atoms with Gasteiger partial charge in [-0.2, -0.15) is 0 Å². The fourth-order valence-electron chi connectivity index (χ4n) is 4.46. The SMILES string of the molecule is COc1cc2c(cc1OC)CN(CCCCNS(=O)(=O)c1c(C)cc(C)cc1C)CC2.Cl. The normalized spacial score (nSPS) is 13.9. The summed E-state index contributed by atoms with van der Waals surface area (Å²) in [5, 5.41) is 0. The molecule has 0 aliphatic carbocycles. The lowest BCUT2D eigenvalue weighted by atomic mass is 9.98. The van der Waals surface area contributed by atoms with Crippen molar-refractivity contribution in [2.45, 2.75) is 51.5 Å². The summed E-state index contributed by atoms with van der Waals surface area (Å²) in [5.41, 5.74) is 5.25. The molecule has 0 spiro atoms. The second kappa shape index (κ2) is 11.4. The summed E-state index contributed by atoms with van der Waals surface area (Å²) >= 11 is 0. The first-order chi connectivity index (χ1) is 14.7. The number of aryl methyl sites for hydroxylation is 3. The Morgan fingerprint density at radius 1 is 0.938 bits per heavy atom. The van der Waals surface area contributed by atoms with Crippen LogP contribution in [-0.4, -0.2) is 47.2 Å². The van der Waals surface area contributed by atoms with E-state index < -0.39 is 10.0 Å². The average Bonchev–Trinajstić information content (AvgIpc) is 2.71. The van der Waals surface area contributed by atoms with Crippen LogP contribution in [0.25, 0.3) is 0 Å². The van der Waals surface area contributed by atoms with Gasteiger partial charge in [-0.05, 0) is 81.0 Å². The first kappa shape index (κ1) is 26.5. The third kappa shape index (κ3) is 6.16. The highest BCUT2D eigenvalue weighted by Crippen LogP contribution is 2.33. The summed E-state index contributed by atoms with van der Waals surface area (Å²) in [4.78, 5) is 2.83. The van der Waals surface area contributed by atoms with Gasteiger partial charge in [0.25, 0.3) is 0 Å². The van der Waals surface area contributed by atoms with Crippen LogP contribution in [0.15, 0.2) is 29.2 Å². The van der Waals surface area contributed by atoms with Gasteiger partial charge >= 0.3 is 0 Å². The molecule has 3 rings (SSSR count). The molecule has 0 aromatic heterocycles. The number of nitrogens with zero attached hydrogens (tertiary/aromatic N) is 1. The Morgan fingerprint density at radius 3 is 2.12 bits per heavy atom. The number of nitrogens with one attached hydrogen (secondary N) is 1. The zero-order valence-corrected chi connectivity index (χ0v) is 21.3. The lowest BCUT2D eigenvalue weighted by molar-refractivity contribution is 0.248. The standard InChI is InChI=1S/C24H34N2O4S.ClH/c1-17-12-18(2)24(19(3)13-17)31(27,28)25-9-6-7-10-26-11-8-20-14-22(29-4)23(30-5)15-21(20)16-26;/h12-15,25H,6-11,16H2,1-5H3;1H. The second-order valence-electron chi connectivity index (χ2n) is 8.33. The van der Waals surface area contributed by atoms with Crippen LogP contribution in [0, 0.1) is 20.8 Å². The highest BCUT2D eigenvalue weighted by Gasteiger charge is 2.21. The van der Waals surface area contributed by atoms with E-state index in [0.717, 1.165) is 67.1 Å². The summed E-state index contributed by atoms with van der Waals surface area (Å²) < 4.78 is 39.1. The van der Waals surface area contributed by atoms with Gasteiger partial charge in [-0.15, -0.1) is 12.4 Å². The lowest BCUT2D eigenvalue weighted by Crippen LogP contribution is -2.32. The van der Waals surface area contributed by atoms with Crippen molar-refractivity contribution < 1.29 is 17.9 Å². The maximum atomic E-state index is 12.8. The Morgan fingerprint density at radius 2 is 1.53 bits per heavy atom. The molecule has 178 valence electrons. The molecule has 8 heteroatoms. The molecule has 0 bridgehead atoms. The predicted molar refractivity (Wildman–Crippen MR) is 131 cm³/mol. The third-order valence-electron chi connectivity index (χ3n) is 5.86. The Balaban J connectivity index is 0.00000363. The van der Waals surface area contributed by atoms with E-state index in [-0.39, 0.29) is 12.4 Å². The third-order valence-corrected chi connectivity index (χ3v) is 7.63. The molecule has 0 saturated heterocycles. The van der Waals surface area contributed by atoms with Crippen molar-refractivity contribution in [2.24, 2.45) is 0 Å². The van der Waals surface area contributed by atoms with E-state index in [9.17, 15) is 8.42 Å². The van der Waals surface area contributed by atoms with Crippen molar-refractivity contribution in [2.75, 3.05) is 33.9 Å². The Kier molecular flexibility index (Phi) is 9.40. The Bertz CT molecular complexity index is 1020. The molecule has 0 amide bonds. The van der Waals surface area contributed by atoms with Gasteiger partial charge in [0.15, 0.2) is 11.5 Å². The van der Waals surface area contributed by atoms with E-state index in [2.05, 4.69) is 21.8 Å². The van der Waals surface area contributed by atoms with Crippen LogP contribution in [0.5, 0.6) is 11.5 Å². The van der Waals surface area contributed by atoms with Gasteiger partial charge in [0.1, 0.15) is 0 Å². The molecule has 0 atom stereocenters. The van der Waals surface area contributed by atoms with Gasteiger partial charge in [0.2, 0.25) is 10.0 Å². The van der Waals surface area contributed by atoms with Crippen LogP contribution in [0.1, 0.15) is 40.7 Å². The number of rotatable bonds is 9. The number of hydrogen-bond donors (Lipinski definition) is 1. The molecule has 2 aromatic carbocycles. The van der Waals surface area contributed by atoms with Crippen molar-refractivity contribution >= 4 is 22.4 Å². The van der Waals surface area contributed by atoms with Gasteiger partial charge < -0.3 is 9.47 Å². The molecule has 0 radical (unpaired) electrons. The fourth-order valence-corrected chi connectivity index (χ4v) is 5.99. The summed E-state index contributed by atoms with van der Waals surface area (Å²) in [5.74, 6) is 1.54. The van der Waals surface area contributed by atoms with Crippen LogP contribution in [-0.2, 0) is 23.0 Å². The number of hydrogen-bond acceptors (Lipinski definition) is 5. The summed E-state index contributed by atoms with van der Waals surface area (Å²) in [7, 11) is -0.167. The molecule has 1 aliphatic rings. The lowest BCUT2D eigenvalue weighted by Gasteiger charge is -2.29. The van der Waals surface area contributed by atoms with Crippen molar-refractivity contribution in [3.05, 3.63) is 52.1 Å². The van der Waals surface area contributed by atoms with E-state index in [0.29, 0.717) is 11.4 Å². The van der Waals surface area contributed by atoms with Crippen LogP contribution in [0.4, 0.5) is 0 Å². The van der Waals surface area contributed by atoms with Gasteiger partial charge in [0.05, 0.1) is 19.1 Å². The number of unbranched alkanes of at least 4 members (excludes halogenated alkanes) is 1. The van der Waals surface area contributed by atoms with Gasteiger partial charge in [0, 0.05) is 19.6 Å². The Labute approximate surface area is 198 Å². The first-order valence-corrected chi connectivity index (χ1v) is 12.3. The van der Waals surface area contributed by atoms with Crippen LogP contribution >= 0.6 is 12.4 Å². The van der Waals surface area contributed by atoms with Gasteiger partial charge in [-0.25, -0.2) is 13.1 Å². The monoisotopic (exact) mass is 482 g/mol. The van der Waals surface area contributed by atoms with Crippen molar-refractivity contribution in [3.63, 3.8) is 0 Å². The predicted octanol–water partition coefficient (Wildman–Crippen LogP) is 4.17. The van der Waals surface area contributed by atoms with Crippen LogP contribution in [0.3, 0.4) is 0 Å². The van der Waals surface area contributed by atoms with Crippen molar-refractivity contribution in [1.29, 1.82) is 0 Å². The largest absolute Gasteiger partial charge is 0.493 e. The van der Waals surface area contributed by atoms with Crippen molar-refractivity contribution in [1.82, 2.24) is 9.62 Å². The second-order valence-corrected chi connectivity index (χ2v) is 10.0. The number of halogens is 1. The molecule has 6 nitrogen and oxygen atoms in total. The smallest absolute Gasteiger partial charge is 0.241 e. The molecule has 2 aromatic rings. The first-order valence-electron chi connectivity index (χ1n) is 10.8. The van der Waals surface area contributed by atoms with E-state index in [4.69, 9.17) is 9.47 Å². The summed E-state index contributed by atoms with van der Waals surface area (Å²) in [6, 6.07) is 7.98. The fraction of sp³-hybridized carbons (Fsp3) is 0.500. The van der Waals surface area contributed by atoms with Gasteiger partial charge in [-0.1, -0.05) is 17.7 Å². The minimum atomic E-state index is -3.49. The molecule has 0 saturated carbocycles. The number of benzene rings is 2. The van der Waals surface area contributed by atoms with Crippen LogP contribution in [0.2, 0.25) is 0 Å². The van der Waals surface area contributed by atoms with Crippen LogP contribution < -0.4 is 14.2 Å². The van der Waals surface area contributed by atoms with E-state index >= 15 is 0 Å². The highest BCUT2D eigenvalue weighted by atomic mass is 35.5. The molecule has 1 N–H and O–H groups in total. The number of ether oxygens (including phenoxy) is 2. The van der Waals surface area contributed by atoms with E-state index in [1.165, 1.54) is 11.1 Å². The zero-order valence-electron chi connectivity index (χ0n) is 19.7. The maximum absolute atomic E-state index is 12.8.